The van der Waals surface area contributed by atoms with Crippen molar-refractivity contribution in [3.63, 3.8) is 0 Å². The molecule has 0 saturated carbocycles. The number of piperidine rings is 1. The van der Waals surface area contributed by atoms with E-state index in [0.29, 0.717) is 43.8 Å². The second kappa shape index (κ2) is 10.4. The first-order valence-electron chi connectivity index (χ1n) is 11.9. The van der Waals surface area contributed by atoms with Crippen molar-refractivity contribution in [2.24, 2.45) is 0 Å². The number of halogens is 2. The maximum absolute atomic E-state index is 12.7. The molecule has 0 aliphatic carbocycles. The topological polar surface area (TPSA) is 102 Å². The number of carbonyl (C=O) groups is 1. The number of aryl methyl sites for hydroxylation is 1. The van der Waals surface area contributed by atoms with Gasteiger partial charge in [0.15, 0.2) is 5.65 Å². The van der Waals surface area contributed by atoms with Gasteiger partial charge in [0, 0.05) is 16.8 Å². The van der Waals surface area contributed by atoms with Crippen LogP contribution in [-0.2, 0) is 0 Å². The zero-order valence-electron chi connectivity index (χ0n) is 20.4. The first-order valence-corrected chi connectivity index (χ1v) is 12.6. The second-order valence-electron chi connectivity index (χ2n) is 9.15. The average molecular weight is 534 g/mol. The lowest BCUT2D eigenvalue weighted by molar-refractivity contribution is 0.102. The standard InChI is InChI=1S/C27H25Cl2N7O/c1-16-3-6-19(33-27(37)18-4-7-21(28)22(29)14-18)13-17(16)5-8-23-24-25(30)31-15-32-26(24)36(34-23)20-9-11-35(2)12-10-20/h3-4,6-7,13-15,20H,9-12H2,1-2H3,(H,33,37)(H2,30,31,32). The van der Waals surface area contributed by atoms with E-state index in [1.165, 1.54) is 12.4 Å². The van der Waals surface area contributed by atoms with Crippen molar-refractivity contribution in [3.8, 4) is 11.8 Å². The summed E-state index contributed by atoms with van der Waals surface area (Å²) in [6, 6.07) is 10.5. The molecule has 1 aliphatic rings. The van der Waals surface area contributed by atoms with E-state index in [4.69, 9.17) is 34.0 Å². The first kappa shape index (κ1) is 25.0. The minimum absolute atomic E-state index is 0.227. The van der Waals surface area contributed by atoms with E-state index < -0.39 is 0 Å². The predicted molar refractivity (Wildman–Crippen MR) is 147 cm³/mol. The van der Waals surface area contributed by atoms with Crippen molar-refractivity contribution in [3.05, 3.63) is 75.2 Å². The Morgan fingerprint density at radius 1 is 1.08 bits per heavy atom. The highest BCUT2D eigenvalue weighted by Crippen LogP contribution is 2.29. The molecule has 2 aromatic carbocycles. The summed E-state index contributed by atoms with van der Waals surface area (Å²) >= 11 is 12.0. The average Bonchev–Trinajstić information content (AvgIpc) is 3.26. The molecule has 10 heteroatoms. The Hall–Kier alpha value is -3.64. The van der Waals surface area contributed by atoms with Gasteiger partial charge in [0.05, 0.1) is 21.5 Å². The lowest BCUT2D eigenvalue weighted by atomic mass is 10.1. The highest BCUT2D eigenvalue weighted by molar-refractivity contribution is 6.42. The van der Waals surface area contributed by atoms with Crippen LogP contribution in [0.15, 0.2) is 42.7 Å². The minimum atomic E-state index is -0.297. The second-order valence-corrected chi connectivity index (χ2v) is 9.96. The Kier molecular flexibility index (Phi) is 7.02. The van der Waals surface area contributed by atoms with Gasteiger partial charge in [0.25, 0.3) is 5.91 Å². The summed E-state index contributed by atoms with van der Waals surface area (Å²) in [4.78, 5) is 23.7. The number of hydrogen-bond acceptors (Lipinski definition) is 6. The van der Waals surface area contributed by atoms with Crippen molar-refractivity contribution in [2.45, 2.75) is 25.8 Å². The SMILES string of the molecule is Cc1ccc(NC(=O)c2ccc(Cl)c(Cl)c2)cc1C#Cc1nn(C2CCN(C)CC2)c2ncnc(N)c12. The van der Waals surface area contributed by atoms with E-state index in [1.54, 1.807) is 12.1 Å². The van der Waals surface area contributed by atoms with Gasteiger partial charge in [0.1, 0.15) is 17.8 Å². The molecular weight excluding hydrogens is 509 g/mol. The summed E-state index contributed by atoms with van der Waals surface area (Å²) in [6.45, 7) is 3.95. The van der Waals surface area contributed by atoms with Gasteiger partial charge in [-0.05, 0) is 81.7 Å². The fraction of sp³-hybridized carbons (Fsp3) is 0.259. The number of amides is 1. The molecule has 1 saturated heterocycles. The molecule has 0 spiro atoms. The number of rotatable bonds is 3. The van der Waals surface area contributed by atoms with E-state index in [0.717, 1.165) is 37.1 Å². The fourth-order valence-corrected chi connectivity index (χ4v) is 4.68. The third kappa shape index (κ3) is 5.25. The molecule has 4 aromatic rings. The Bertz CT molecular complexity index is 1560. The number of nitrogen functional groups attached to an aromatic ring is 1. The normalized spacial score (nSPS) is 14.4. The number of likely N-dealkylation sites (tertiary alicyclic amines) is 1. The highest BCUT2D eigenvalue weighted by Gasteiger charge is 2.24. The Balaban J connectivity index is 1.45. The lowest BCUT2D eigenvalue weighted by Crippen LogP contribution is -2.32. The van der Waals surface area contributed by atoms with Crippen molar-refractivity contribution < 1.29 is 4.79 Å². The molecule has 5 rings (SSSR count). The molecule has 3 heterocycles. The van der Waals surface area contributed by atoms with Gasteiger partial charge in [-0.2, -0.15) is 5.10 Å². The van der Waals surface area contributed by atoms with Crippen LogP contribution in [0.25, 0.3) is 11.0 Å². The van der Waals surface area contributed by atoms with Gasteiger partial charge >= 0.3 is 0 Å². The van der Waals surface area contributed by atoms with Crippen LogP contribution >= 0.6 is 23.2 Å². The molecule has 37 heavy (non-hydrogen) atoms. The molecule has 1 amide bonds. The summed E-state index contributed by atoms with van der Waals surface area (Å²) < 4.78 is 1.95. The van der Waals surface area contributed by atoms with Crippen LogP contribution in [0.4, 0.5) is 11.5 Å². The number of nitrogens with two attached hydrogens (primary N) is 1. The molecule has 0 bridgehead atoms. The quantitative estimate of drug-likeness (QED) is 0.361. The number of nitrogens with zero attached hydrogens (tertiary/aromatic N) is 5. The molecule has 3 N–H and O–H groups in total. The maximum atomic E-state index is 12.7. The van der Waals surface area contributed by atoms with E-state index in [9.17, 15) is 4.79 Å². The van der Waals surface area contributed by atoms with Gasteiger partial charge in [0.2, 0.25) is 0 Å². The number of nitrogens with one attached hydrogen (secondary N) is 1. The van der Waals surface area contributed by atoms with Crippen molar-refractivity contribution >= 4 is 51.6 Å². The highest BCUT2D eigenvalue weighted by atomic mass is 35.5. The molecule has 0 atom stereocenters. The van der Waals surface area contributed by atoms with Crippen LogP contribution in [0.2, 0.25) is 10.0 Å². The number of anilines is 2. The summed E-state index contributed by atoms with van der Waals surface area (Å²) in [5.74, 6) is 6.45. The maximum Gasteiger partial charge on any atom is 0.255 e. The summed E-state index contributed by atoms with van der Waals surface area (Å²) in [7, 11) is 2.12. The Morgan fingerprint density at radius 2 is 1.86 bits per heavy atom. The third-order valence-corrected chi connectivity index (χ3v) is 7.28. The number of fused-ring (bicyclic) bond motifs is 1. The van der Waals surface area contributed by atoms with Crippen molar-refractivity contribution in [1.29, 1.82) is 0 Å². The van der Waals surface area contributed by atoms with Gasteiger partial charge in [-0.3, -0.25) is 4.79 Å². The number of hydrogen-bond donors (Lipinski definition) is 2. The van der Waals surface area contributed by atoms with Gasteiger partial charge < -0.3 is 16.0 Å². The van der Waals surface area contributed by atoms with Crippen LogP contribution in [0, 0.1) is 18.8 Å². The molecule has 1 fully saturated rings. The Labute approximate surface area is 224 Å². The molecule has 8 nitrogen and oxygen atoms in total. The minimum Gasteiger partial charge on any atom is -0.383 e. The van der Waals surface area contributed by atoms with Crippen LogP contribution < -0.4 is 11.1 Å². The fourth-order valence-electron chi connectivity index (χ4n) is 4.38. The molecular formula is C27H25Cl2N7O. The van der Waals surface area contributed by atoms with Crippen LogP contribution in [0.5, 0.6) is 0 Å². The molecule has 188 valence electrons. The Morgan fingerprint density at radius 3 is 2.62 bits per heavy atom. The number of aromatic nitrogens is 4. The van der Waals surface area contributed by atoms with Crippen LogP contribution in [0.1, 0.15) is 46.1 Å². The van der Waals surface area contributed by atoms with Crippen molar-refractivity contribution in [2.75, 3.05) is 31.2 Å². The monoisotopic (exact) mass is 533 g/mol. The lowest BCUT2D eigenvalue weighted by Gasteiger charge is -2.29. The van der Waals surface area contributed by atoms with Crippen molar-refractivity contribution in [1.82, 2.24) is 24.6 Å². The number of carbonyl (C=O) groups excluding carboxylic acids is 1. The molecule has 0 unspecified atom stereocenters. The van der Waals surface area contributed by atoms with Gasteiger partial charge in [-0.15, -0.1) is 0 Å². The molecule has 1 aliphatic heterocycles. The van der Waals surface area contributed by atoms with E-state index in [-0.39, 0.29) is 11.9 Å². The predicted octanol–water partition coefficient (Wildman–Crippen LogP) is 4.94. The summed E-state index contributed by atoms with van der Waals surface area (Å²) in [5.41, 5.74) is 10.2. The van der Waals surface area contributed by atoms with Gasteiger partial charge in [-0.1, -0.05) is 35.2 Å². The largest absolute Gasteiger partial charge is 0.383 e. The smallest absolute Gasteiger partial charge is 0.255 e. The van der Waals surface area contributed by atoms with E-state index in [2.05, 4.69) is 39.1 Å². The van der Waals surface area contributed by atoms with Crippen LogP contribution in [0.3, 0.4) is 0 Å². The summed E-state index contributed by atoms with van der Waals surface area (Å²) in [6.07, 6.45) is 3.42. The molecule has 2 aromatic heterocycles. The van der Waals surface area contributed by atoms with E-state index >= 15 is 0 Å². The third-order valence-electron chi connectivity index (χ3n) is 6.54. The number of benzene rings is 2. The summed E-state index contributed by atoms with van der Waals surface area (Å²) in [5, 5.41) is 9.08. The first-order chi connectivity index (χ1) is 17.8. The van der Waals surface area contributed by atoms with Crippen LogP contribution in [-0.4, -0.2) is 50.7 Å². The zero-order chi connectivity index (χ0) is 26.1. The zero-order valence-corrected chi connectivity index (χ0v) is 21.9. The molecule has 0 radical (unpaired) electrons. The van der Waals surface area contributed by atoms with E-state index in [1.807, 2.05) is 29.8 Å². The van der Waals surface area contributed by atoms with Gasteiger partial charge in [-0.25, -0.2) is 14.6 Å².